The van der Waals surface area contributed by atoms with Gasteiger partial charge in [0.05, 0.1) is 36.3 Å². The molecule has 1 fully saturated rings. The summed E-state index contributed by atoms with van der Waals surface area (Å²) in [7, 11) is -4.06. The lowest BCUT2D eigenvalue weighted by Crippen LogP contribution is -2.43. The number of ether oxygens (including phenoxy) is 2. The first-order chi connectivity index (χ1) is 17.6. The second-order valence-corrected chi connectivity index (χ2v) is 12.8. The zero-order valence-electron chi connectivity index (χ0n) is 21.0. The SMILES string of the molecule is COCCc1ccc(OC)cc1Nc1nc2ccccc2nc1NS(=O)(=O)C1CCN(S(C)(=O)=O)CC1. The minimum absolute atomic E-state index is 0.0600. The summed E-state index contributed by atoms with van der Waals surface area (Å²) in [5.74, 6) is 0.921. The number of hydrogen-bond donors (Lipinski definition) is 2. The Morgan fingerprint density at radius 3 is 2.22 bits per heavy atom. The third-order valence-corrected chi connectivity index (χ3v) is 9.39. The van der Waals surface area contributed by atoms with Crippen LogP contribution in [0.2, 0.25) is 0 Å². The number of nitrogens with zero attached hydrogens (tertiary/aromatic N) is 3. The number of hydrogen-bond acceptors (Lipinski definition) is 9. The van der Waals surface area contributed by atoms with Gasteiger partial charge in [-0.05, 0) is 43.0 Å². The molecular formula is C24H31N5O6S2. The smallest absolute Gasteiger partial charge is 0.236 e. The number of aromatic nitrogens is 2. The zero-order chi connectivity index (χ0) is 26.6. The van der Waals surface area contributed by atoms with Crippen LogP contribution in [0.4, 0.5) is 17.3 Å². The average Bonchev–Trinajstić information content (AvgIpc) is 2.87. The van der Waals surface area contributed by atoms with Crippen molar-refractivity contribution in [1.82, 2.24) is 14.3 Å². The molecular weight excluding hydrogens is 518 g/mol. The maximum atomic E-state index is 13.3. The number of sulfonamides is 2. The van der Waals surface area contributed by atoms with Crippen molar-refractivity contribution in [3.63, 3.8) is 0 Å². The molecule has 0 aliphatic carbocycles. The Labute approximate surface area is 217 Å². The largest absolute Gasteiger partial charge is 0.497 e. The molecule has 0 saturated carbocycles. The third kappa shape index (κ3) is 6.47. The van der Waals surface area contributed by atoms with E-state index in [0.717, 1.165) is 11.8 Å². The Balaban J connectivity index is 1.68. The number of piperidine rings is 1. The molecule has 11 nitrogen and oxygen atoms in total. The van der Waals surface area contributed by atoms with Crippen LogP contribution in [0.5, 0.6) is 5.75 Å². The molecule has 37 heavy (non-hydrogen) atoms. The van der Waals surface area contributed by atoms with Crippen molar-refractivity contribution in [2.45, 2.75) is 24.5 Å². The molecule has 1 saturated heterocycles. The van der Waals surface area contributed by atoms with Crippen molar-refractivity contribution in [2.75, 3.05) is 50.2 Å². The van der Waals surface area contributed by atoms with E-state index in [9.17, 15) is 16.8 Å². The molecule has 0 atom stereocenters. The number of anilines is 3. The van der Waals surface area contributed by atoms with Gasteiger partial charge in [-0.25, -0.2) is 31.1 Å². The van der Waals surface area contributed by atoms with Gasteiger partial charge in [0.25, 0.3) is 0 Å². The van der Waals surface area contributed by atoms with Gasteiger partial charge in [-0.2, -0.15) is 0 Å². The van der Waals surface area contributed by atoms with Crippen molar-refractivity contribution in [3.05, 3.63) is 48.0 Å². The Bertz CT molecular complexity index is 1470. The van der Waals surface area contributed by atoms with E-state index in [2.05, 4.69) is 20.0 Å². The highest BCUT2D eigenvalue weighted by Crippen LogP contribution is 2.31. The van der Waals surface area contributed by atoms with Crippen LogP contribution in [0.25, 0.3) is 11.0 Å². The van der Waals surface area contributed by atoms with E-state index in [1.54, 1.807) is 38.5 Å². The minimum atomic E-state index is -3.88. The van der Waals surface area contributed by atoms with Crippen molar-refractivity contribution >= 4 is 48.4 Å². The second-order valence-electron chi connectivity index (χ2n) is 8.81. The fourth-order valence-corrected chi connectivity index (χ4v) is 6.49. The van der Waals surface area contributed by atoms with Crippen molar-refractivity contribution in [2.24, 2.45) is 0 Å². The number of benzene rings is 2. The summed E-state index contributed by atoms with van der Waals surface area (Å²) < 4.78 is 64.9. The quantitative estimate of drug-likeness (QED) is 0.391. The number of rotatable bonds is 10. The predicted octanol–water partition coefficient (Wildman–Crippen LogP) is 2.74. The molecule has 2 aromatic carbocycles. The Morgan fingerprint density at radius 1 is 0.973 bits per heavy atom. The summed E-state index contributed by atoms with van der Waals surface area (Å²) in [6.07, 6.45) is 2.11. The molecule has 2 N–H and O–H groups in total. The van der Waals surface area contributed by atoms with E-state index in [0.29, 0.717) is 35.5 Å². The molecule has 13 heteroatoms. The maximum absolute atomic E-state index is 13.3. The van der Waals surface area contributed by atoms with Crippen molar-refractivity contribution in [3.8, 4) is 5.75 Å². The molecule has 0 bridgehead atoms. The van der Waals surface area contributed by atoms with E-state index in [-0.39, 0.29) is 37.6 Å². The lowest BCUT2D eigenvalue weighted by molar-refractivity contribution is 0.202. The van der Waals surface area contributed by atoms with Crippen LogP contribution in [0.3, 0.4) is 0 Å². The van der Waals surface area contributed by atoms with Crippen LogP contribution in [0, 0.1) is 0 Å². The van der Waals surface area contributed by atoms with Gasteiger partial charge in [0.2, 0.25) is 20.0 Å². The molecule has 1 aromatic heterocycles. The Morgan fingerprint density at radius 2 is 1.62 bits per heavy atom. The van der Waals surface area contributed by atoms with Crippen LogP contribution >= 0.6 is 0 Å². The van der Waals surface area contributed by atoms with Gasteiger partial charge >= 0.3 is 0 Å². The van der Waals surface area contributed by atoms with E-state index >= 15 is 0 Å². The minimum Gasteiger partial charge on any atom is -0.497 e. The van der Waals surface area contributed by atoms with Crippen LogP contribution in [0.15, 0.2) is 42.5 Å². The maximum Gasteiger partial charge on any atom is 0.236 e. The predicted molar refractivity (Wildman–Crippen MR) is 143 cm³/mol. The normalized spacial score (nSPS) is 15.5. The standard InChI is InChI=1S/C24H31N5O6S2/c1-34-15-12-17-8-9-18(35-2)16-22(17)27-23-24(26-21-7-5-4-6-20(21)25-23)28-37(32,33)19-10-13-29(14-11-19)36(3,30)31/h4-9,16,19H,10-15H2,1-3H3,(H,25,27)(H,26,28). The van der Waals surface area contributed by atoms with Gasteiger partial charge < -0.3 is 14.8 Å². The molecule has 1 aliphatic heterocycles. The average molecular weight is 550 g/mol. The van der Waals surface area contributed by atoms with Crippen LogP contribution in [0.1, 0.15) is 18.4 Å². The topological polar surface area (TPSA) is 140 Å². The summed E-state index contributed by atoms with van der Waals surface area (Å²) in [5.41, 5.74) is 2.74. The summed E-state index contributed by atoms with van der Waals surface area (Å²) in [5, 5.41) is 2.48. The highest BCUT2D eigenvalue weighted by Gasteiger charge is 2.33. The van der Waals surface area contributed by atoms with E-state index in [1.165, 1.54) is 4.31 Å². The van der Waals surface area contributed by atoms with E-state index in [4.69, 9.17) is 9.47 Å². The second kappa shape index (κ2) is 11.2. The first-order valence-electron chi connectivity index (χ1n) is 11.8. The molecule has 2 heterocycles. The van der Waals surface area contributed by atoms with Gasteiger partial charge in [-0.15, -0.1) is 0 Å². The molecule has 3 aromatic rings. The molecule has 1 aliphatic rings. The number of nitrogens with one attached hydrogen (secondary N) is 2. The monoisotopic (exact) mass is 549 g/mol. The third-order valence-electron chi connectivity index (χ3n) is 6.26. The fourth-order valence-electron chi connectivity index (χ4n) is 4.21. The summed E-state index contributed by atoms with van der Waals surface area (Å²) in [6, 6.07) is 12.7. The van der Waals surface area contributed by atoms with Crippen LogP contribution in [-0.2, 0) is 31.2 Å². The first kappa shape index (κ1) is 27.0. The Kier molecular flexibility index (Phi) is 8.17. The molecule has 0 unspecified atom stereocenters. The molecule has 0 amide bonds. The molecule has 4 rings (SSSR count). The number of para-hydroxylation sites is 2. The number of methoxy groups -OCH3 is 2. The van der Waals surface area contributed by atoms with Crippen molar-refractivity contribution < 1.29 is 26.3 Å². The summed E-state index contributed by atoms with van der Waals surface area (Å²) >= 11 is 0. The van der Waals surface area contributed by atoms with Crippen LogP contribution in [-0.4, -0.2) is 76.5 Å². The highest BCUT2D eigenvalue weighted by molar-refractivity contribution is 7.93. The van der Waals surface area contributed by atoms with Gasteiger partial charge in [-0.3, -0.25) is 4.72 Å². The lowest BCUT2D eigenvalue weighted by Gasteiger charge is -2.30. The van der Waals surface area contributed by atoms with Crippen LogP contribution < -0.4 is 14.8 Å². The molecule has 0 spiro atoms. The van der Waals surface area contributed by atoms with Crippen molar-refractivity contribution in [1.29, 1.82) is 0 Å². The zero-order valence-corrected chi connectivity index (χ0v) is 22.6. The fraction of sp³-hybridized carbons (Fsp3) is 0.417. The number of fused-ring (bicyclic) bond motifs is 1. The first-order valence-corrected chi connectivity index (χ1v) is 15.2. The Hall–Kier alpha value is -3.00. The van der Waals surface area contributed by atoms with Gasteiger partial charge in [0, 0.05) is 32.0 Å². The van der Waals surface area contributed by atoms with E-state index in [1.807, 2.05) is 18.2 Å². The lowest BCUT2D eigenvalue weighted by atomic mass is 10.1. The summed E-state index contributed by atoms with van der Waals surface area (Å²) in [4.78, 5) is 9.22. The summed E-state index contributed by atoms with van der Waals surface area (Å²) in [6.45, 7) is 0.785. The van der Waals surface area contributed by atoms with Gasteiger partial charge in [0.15, 0.2) is 11.6 Å². The highest BCUT2D eigenvalue weighted by atomic mass is 32.2. The van der Waals surface area contributed by atoms with Gasteiger partial charge in [0.1, 0.15) is 5.75 Å². The molecule has 200 valence electrons. The molecule has 0 radical (unpaired) electrons. The van der Waals surface area contributed by atoms with Gasteiger partial charge in [-0.1, -0.05) is 18.2 Å². The van der Waals surface area contributed by atoms with E-state index < -0.39 is 25.3 Å².